The number of carbonyl (C=O) groups excluding carboxylic acids is 4. The fraction of sp³-hybridized carbons (Fsp3) is 0.564. The number of nitrogens with zero attached hydrogens (tertiary/aromatic N) is 4. The minimum atomic E-state index is -1.07. The first-order chi connectivity index (χ1) is 25.7. The topological polar surface area (TPSA) is 158 Å². The highest BCUT2D eigenvalue weighted by Gasteiger charge is 2.37. The van der Waals surface area contributed by atoms with Crippen LogP contribution in [0.25, 0.3) is 11.1 Å². The Morgan fingerprint density at radius 3 is 2.32 bits per heavy atom. The number of anilines is 1. The number of likely N-dealkylation sites (tertiary alicyclic amines) is 3. The van der Waals surface area contributed by atoms with Crippen LogP contribution in [-0.2, 0) is 31.9 Å². The molecule has 3 fully saturated rings. The van der Waals surface area contributed by atoms with Gasteiger partial charge in [-0.25, -0.2) is 14.4 Å². The van der Waals surface area contributed by atoms with Crippen LogP contribution >= 0.6 is 0 Å². The van der Waals surface area contributed by atoms with Crippen LogP contribution in [0.5, 0.6) is 0 Å². The Morgan fingerprint density at radius 1 is 0.887 bits per heavy atom. The number of aromatic nitrogens is 1. The Labute approximate surface area is 308 Å². The molecular formula is C39H50N6O8. The number of H-pyrrole nitrogens is 1. The van der Waals surface area contributed by atoms with Crippen LogP contribution in [-0.4, -0.2) is 119 Å². The van der Waals surface area contributed by atoms with E-state index in [1.165, 1.54) is 0 Å². The summed E-state index contributed by atoms with van der Waals surface area (Å²) in [4.78, 5) is 75.6. The maximum atomic E-state index is 14.2. The van der Waals surface area contributed by atoms with E-state index in [0.717, 1.165) is 67.6 Å². The number of fused-ring (bicyclic) bond motifs is 2. The lowest BCUT2D eigenvalue weighted by Gasteiger charge is -2.42. The molecule has 1 aromatic heterocycles. The molecule has 1 atom stereocenters. The van der Waals surface area contributed by atoms with Crippen molar-refractivity contribution < 1.29 is 33.1 Å². The lowest BCUT2D eigenvalue weighted by Crippen LogP contribution is -2.53. The van der Waals surface area contributed by atoms with Gasteiger partial charge in [-0.2, -0.15) is 0 Å². The molecule has 2 aromatic carbocycles. The summed E-state index contributed by atoms with van der Waals surface area (Å²) >= 11 is 0. The Bertz CT molecular complexity index is 1870. The molecule has 0 radical (unpaired) electrons. The molecule has 4 aliphatic heterocycles. The summed E-state index contributed by atoms with van der Waals surface area (Å²) in [6, 6.07) is 11.6. The smallest absolute Gasteiger partial charge is 0.417 e. The summed E-state index contributed by atoms with van der Waals surface area (Å²) in [5.74, 6) is -0.968. The number of oxazole rings is 1. The molecular weight excluding hydrogens is 680 g/mol. The van der Waals surface area contributed by atoms with Gasteiger partial charge in [0.1, 0.15) is 0 Å². The molecule has 53 heavy (non-hydrogen) atoms. The van der Waals surface area contributed by atoms with Crippen molar-refractivity contribution in [2.75, 3.05) is 57.7 Å². The molecule has 4 aliphatic rings. The van der Waals surface area contributed by atoms with Crippen molar-refractivity contribution in [3.05, 3.63) is 63.6 Å². The van der Waals surface area contributed by atoms with Gasteiger partial charge in [-0.15, -0.1) is 0 Å². The van der Waals surface area contributed by atoms with Crippen molar-refractivity contribution in [1.29, 1.82) is 0 Å². The van der Waals surface area contributed by atoms with E-state index in [1.54, 1.807) is 15.9 Å². The van der Waals surface area contributed by atoms with Crippen LogP contribution in [0, 0.1) is 12.8 Å². The second-order valence-electron chi connectivity index (χ2n) is 14.7. The number of rotatable bonds is 8. The first kappa shape index (κ1) is 36.5. The van der Waals surface area contributed by atoms with Crippen molar-refractivity contribution in [3.8, 4) is 0 Å². The van der Waals surface area contributed by atoms with E-state index in [0.29, 0.717) is 69.3 Å². The molecule has 14 heteroatoms. The fourth-order valence-corrected chi connectivity index (χ4v) is 8.52. The van der Waals surface area contributed by atoms with Gasteiger partial charge >= 0.3 is 23.8 Å². The maximum Gasteiger partial charge on any atom is 0.417 e. The van der Waals surface area contributed by atoms with Gasteiger partial charge in [0.25, 0.3) is 5.91 Å². The summed E-state index contributed by atoms with van der Waals surface area (Å²) in [5, 5.41) is 3.04. The molecule has 14 nitrogen and oxygen atoms in total. The number of urea groups is 1. The zero-order valence-corrected chi connectivity index (χ0v) is 30.6. The Morgan fingerprint density at radius 2 is 1.58 bits per heavy atom. The van der Waals surface area contributed by atoms with E-state index >= 15 is 0 Å². The Hall–Kier alpha value is -4.85. The number of carbonyl (C=O) groups is 4. The largest absolute Gasteiger partial charge is 0.466 e. The molecule has 0 saturated carbocycles. The molecule has 3 saturated heterocycles. The number of esters is 1. The number of ether oxygens (including phenoxy) is 2. The third-order valence-electron chi connectivity index (χ3n) is 11.5. The fourth-order valence-electron chi connectivity index (χ4n) is 8.52. The molecule has 284 valence electrons. The van der Waals surface area contributed by atoms with Gasteiger partial charge in [0.2, 0.25) is 0 Å². The van der Waals surface area contributed by atoms with Gasteiger partial charge in [-0.3, -0.25) is 14.6 Å². The SMILES string of the molecule is CCOC(=O)C1CCN(C2CCN(C(=O)[C@@H](Cc3cc(C)c4[nH]c(=O)oc4c3)OC(=O)N3CCC(N4CCc5ccccc5NC4=O)CC3)CC2)CC1. The molecule has 0 spiro atoms. The third kappa shape index (κ3) is 8.22. The lowest BCUT2D eigenvalue weighted by molar-refractivity contribution is -0.150. The standard InChI is InChI=1S/C39H50N6O8/c1-3-51-36(47)28-8-15-42(16-9-28)29-11-17-43(18-12-29)35(46)33(24-26-22-25(2)34-32(23-26)52-38(49)41-34)53-39(50)44-19-13-30(14-20-44)45-21-10-27-6-4-5-7-31(27)40-37(45)48/h4-7,22-23,28-30,33H,3,8-21,24H2,1-2H3,(H,40,48)(H,41,49)/t33-/m1/s1. The number of nitrogens with one attached hydrogen (secondary N) is 2. The number of hydrogen-bond acceptors (Lipinski definition) is 9. The van der Waals surface area contributed by atoms with E-state index in [9.17, 15) is 24.0 Å². The molecule has 0 bridgehead atoms. The average Bonchev–Trinajstić information content (AvgIpc) is 3.47. The monoisotopic (exact) mass is 730 g/mol. The van der Waals surface area contributed by atoms with Crippen molar-refractivity contribution in [2.45, 2.75) is 83.4 Å². The number of piperidine rings is 3. The zero-order chi connectivity index (χ0) is 37.1. The summed E-state index contributed by atoms with van der Waals surface area (Å²) < 4.78 is 16.6. The molecule has 7 rings (SSSR count). The second kappa shape index (κ2) is 16.0. The van der Waals surface area contributed by atoms with E-state index < -0.39 is 18.0 Å². The quantitative estimate of drug-likeness (QED) is 0.323. The number of benzene rings is 2. The molecule has 4 amide bonds. The van der Waals surface area contributed by atoms with E-state index in [4.69, 9.17) is 13.9 Å². The predicted molar refractivity (Wildman–Crippen MR) is 197 cm³/mol. The zero-order valence-electron chi connectivity index (χ0n) is 30.6. The molecule has 5 heterocycles. The highest BCUT2D eigenvalue weighted by molar-refractivity contribution is 5.91. The summed E-state index contributed by atoms with van der Waals surface area (Å²) in [7, 11) is 0. The Kier molecular flexibility index (Phi) is 11.0. The van der Waals surface area contributed by atoms with Crippen LogP contribution < -0.4 is 11.1 Å². The summed E-state index contributed by atoms with van der Waals surface area (Å²) in [6.45, 7) is 8.20. The van der Waals surface area contributed by atoms with Crippen LogP contribution in [0.2, 0.25) is 0 Å². The number of amides is 4. The molecule has 2 N–H and O–H groups in total. The molecule has 0 unspecified atom stereocenters. The van der Waals surface area contributed by atoms with Crippen molar-refractivity contribution >= 4 is 40.8 Å². The lowest BCUT2D eigenvalue weighted by atomic mass is 9.93. The number of aromatic amines is 1. The molecule has 0 aliphatic carbocycles. The number of aryl methyl sites for hydroxylation is 1. The highest BCUT2D eigenvalue weighted by Crippen LogP contribution is 2.28. The van der Waals surface area contributed by atoms with E-state index in [1.807, 2.05) is 49.1 Å². The van der Waals surface area contributed by atoms with Crippen LogP contribution in [0.15, 0.2) is 45.6 Å². The van der Waals surface area contributed by atoms with Gasteiger partial charge in [0, 0.05) is 56.9 Å². The van der Waals surface area contributed by atoms with Gasteiger partial charge in [-0.1, -0.05) is 24.3 Å². The summed E-state index contributed by atoms with van der Waals surface area (Å²) in [6.07, 6.45) is 3.59. The highest BCUT2D eigenvalue weighted by atomic mass is 16.6. The number of para-hydroxylation sites is 1. The van der Waals surface area contributed by atoms with E-state index in [2.05, 4.69) is 15.2 Å². The minimum absolute atomic E-state index is 0.0197. The van der Waals surface area contributed by atoms with Gasteiger partial charge in [0.15, 0.2) is 11.7 Å². The van der Waals surface area contributed by atoms with Crippen LogP contribution in [0.3, 0.4) is 0 Å². The third-order valence-corrected chi connectivity index (χ3v) is 11.5. The van der Waals surface area contributed by atoms with Gasteiger partial charge in [-0.05, 0) is 101 Å². The first-order valence-electron chi connectivity index (χ1n) is 19.1. The normalized spacial score (nSPS) is 20.1. The van der Waals surface area contributed by atoms with Gasteiger partial charge < -0.3 is 38.8 Å². The maximum absolute atomic E-state index is 14.2. The number of hydrogen-bond donors (Lipinski definition) is 2. The van der Waals surface area contributed by atoms with Crippen molar-refractivity contribution in [2.24, 2.45) is 5.92 Å². The Balaban J connectivity index is 0.985. The summed E-state index contributed by atoms with van der Waals surface area (Å²) in [5.41, 5.74) is 4.43. The predicted octanol–water partition coefficient (Wildman–Crippen LogP) is 4.30. The first-order valence-corrected chi connectivity index (χ1v) is 19.1. The van der Waals surface area contributed by atoms with Crippen LogP contribution in [0.1, 0.15) is 62.1 Å². The van der Waals surface area contributed by atoms with Gasteiger partial charge in [0.05, 0.1) is 18.0 Å². The van der Waals surface area contributed by atoms with Crippen molar-refractivity contribution in [1.82, 2.24) is 24.6 Å². The molecule has 3 aromatic rings. The van der Waals surface area contributed by atoms with Crippen LogP contribution in [0.4, 0.5) is 15.3 Å². The van der Waals surface area contributed by atoms with Crippen molar-refractivity contribution in [3.63, 3.8) is 0 Å². The average molecular weight is 731 g/mol. The van der Waals surface area contributed by atoms with E-state index in [-0.39, 0.29) is 36.3 Å². The minimum Gasteiger partial charge on any atom is -0.466 e. The second-order valence-corrected chi connectivity index (χ2v) is 14.7.